The molecule has 0 spiro atoms. The molecule has 0 aliphatic carbocycles. The number of nitrogens with one attached hydrogen (secondary N) is 1. The van der Waals surface area contributed by atoms with Crippen LogP contribution in [-0.2, 0) is 6.18 Å². The molecule has 0 saturated heterocycles. The molecule has 2 atom stereocenters. The lowest BCUT2D eigenvalue weighted by Gasteiger charge is -2.19. The van der Waals surface area contributed by atoms with Crippen LogP contribution in [0.15, 0.2) is 22.7 Å². The lowest BCUT2D eigenvalue weighted by atomic mass is 10.0. The summed E-state index contributed by atoms with van der Waals surface area (Å²) in [5, 5.41) is 10.9. The zero-order valence-electron chi connectivity index (χ0n) is 12.1. The van der Waals surface area contributed by atoms with E-state index in [0.29, 0.717) is 10.9 Å². The fourth-order valence-corrected chi connectivity index (χ4v) is 2.38. The Hall–Kier alpha value is -1.44. The molecule has 22 heavy (non-hydrogen) atoms. The van der Waals surface area contributed by atoms with E-state index in [0.717, 1.165) is 6.07 Å². The fraction of sp³-hybridized carbons (Fsp3) is 0.500. The van der Waals surface area contributed by atoms with Gasteiger partial charge >= 0.3 is 12.3 Å². The normalized spacial score (nSPS) is 14.3. The SMILES string of the molecule is CC(C[C@H](C)COc1ccc(Br)cc1C(F)(F)F)NC(=O)O. The second kappa shape index (κ2) is 7.71. The monoisotopic (exact) mass is 383 g/mol. The molecule has 0 fully saturated rings. The zero-order valence-corrected chi connectivity index (χ0v) is 13.7. The molecule has 8 heteroatoms. The topological polar surface area (TPSA) is 58.6 Å². The van der Waals surface area contributed by atoms with Crippen molar-refractivity contribution in [2.24, 2.45) is 5.92 Å². The maximum Gasteiger partial charge on any atom is 0.420 e. The number of alkyl halides is 3. The maximum absolute atomic E-state index is 12.9. The summed E-state index contributed by atoms with van der Waals surface area (Å²) >= 11 is 3.00. The smallest absolute Gasteiger partial charge is 0.420 e. The molecule has 0 heterocycles. The van der Waals surface area contributed by atoms with E-state index in [1.165, 1.54) is 12.1 Å². The van der Waals surface area contributed by atoms with Crippen LogP contribution < -0.4 is 10.1 Å². The van der Waals surface area contributed by atoms with Gasteiger partial charge < -0.3 is 15.2 Å². The van der Waals surface area contributed by atoms with Gasteiger partial charge in [0.1, 0.15) is 5.75 Å². The fourth-order valence-electron chi connectivity index (χ4n) is 2.02. The van der Waals surface area contributed by atoms with Gasteiger partial charge in [-0.2, -0.15) is 13.2 Å². The summed E-state index contributed by atoms with van der Waals surface area (Å²) in [6.07, 6.45) is -5.17. The van der Waals surface area contributed by atoms with Gasteiger partial charge in [-0.15, -0.1) is 0 Å². The van der Waals surface area contributed by atoms with Gasteiger partial charge in [-0.1, -0.05) is 22.9 Å². The highest BCUT2D eigenvalue weighted by atomic mass is 79.9. The van der Waals surface area contributed by atoms with Gasteiger partial charge in [0.2, 0.25) is 0 Å². The molecule has 1 unspecified atom stereocenters. The van der Waals surface area contributed by atoms with Crippen LogP contribution >= 0.6 is 15.9 Å². The Balaban J connectivity index is 2.66. The first-order valence-corrected chi connectivity index (χ1v) is 7.38. The van der Waals surface area contributed by atoms with Crippen molar-refractivity contribution < 1.29 is 27.8 Å². The van der Waals surface area contributed by atoms with Crippen molar-refractivity contribution in [1.82, 2.24) is 5.32 Å². The van der Waals surface area contributed by atoms with E-state index in [1.807, 2.05) is 0 Å². The molecule has 0 aliphatic heterocycles. The van der Waals surface area contributed by atoms with E-state index in [2.05, 4.69) is 21.2 Å². The minimum Gasteiger partial charge on any atom is -0.493 e. The number of benzene rings is 1. The summed E-state index contributed by atoms with van der Waals surface area (Å²) in [6.45, 7) is 3.54. The Morgan fingerprint density at radius 1 is 1.41 bits per heavy atom. The number of carboxylic acid groups (broad SMARTS) is 1. The Bertz CT molecular complexity index is 523. The molecule has 0 bridgehead atoms. The first-order valence-electron chi connectivity index (χ1n) is 6.58. The summed E-state index contributed by atoms with van der Waals surface area (Å²) in [6, 6.07) is 3.40. The third kappa shape index (κ3) is 6.13. The minimum absolute atomic E-state index is 0.0658. The summed E-state index contributed by atoms with van der Waals surface area (Å²) < 4.78 is 44.4. The first-order chi connectivity index (χ1) is 10.1. The van der Waals surface area contributed by atoms with Gasteiger partial charge in [0, 0.05) is 10.5 Å². The lowest BCUT2D eigenvalue weighted by molar-refractivity contribution is -0.139. The Labute approximate surface area is 134 Å². The Morgan fingerprint density at radius 3 is 2.59 bits per heavy atom. The number of hydrogen-bond acceptors (Lipinski definition) is 2. The summed E-state index contributed by atoms with van der Waals surface area (Å²) in [5.41, 5.74) is -0.842. The Kier molecular flexibility index (Phi) is 6.52. The minimum atomic E-state index is -4.50. The average Bonchev–Trinajstić information content (AvgIpc) is 2.34. The van der Waals surface area contributed by atoms with Crippen molar-refractivity contribution in [1.29, 1.82) is 0 Å². The van der Waals surface area contributed by atoms with Crippen LogP contribution in [0, 0.1) is 5.92 Å². The van der Waals surface area contributed by atoms with E-state index in [9.17, 15) is 18.0 Å². The van der Waals surface area contributed by atoms with Crippen LogP contribution in [0.4, 0.5) is 18.0 Å². The molecule has 4 nitrogen and oxygen atoms in total. The molecule has 124 valence electrons. The predicted octanol–water partition coefficient (Wildman–Crippen LogP) is 4.53. The highest BCUT2D eigenvalue weighted by Gasteiger charge is 2.34. The van der Waals surface area contributed by atoms with Crippen LogP contribution in [0.3, 0.4) is 0 Å². The van der Waals surface area contributed by atoms with Gasteiger partial charge in [-0.25, -0.2) is 4.79 Å². The summed E-state index contributed by atoms with van der Waals surface area (Å²) in [5.74, 6) is -0.340. The van der Waals surface area contributed by atoms with Crippen molar-refractivity contribution in [3.05, 3.63) is 28.2 Å². The average molecular weight is 384 g/mol. The van der Waals surface area contributed by atoms with E-state index >= 15 is 0 Å². The maximum atomic E-state index is 12.9. The van der Waals surface area contributed by atoms with Crippen LogP contribution in [0.5, 0.6) is 5.75 Å². The number of amides is 1. The number of halogens is 4. The molecule has 1 rings (SSSR count). The number of ether oxygens (including phenoxy) is 1. The number of rotatable bonds is 6. The van der Waals surface area contributed by atoms with E-state index in [-0.39, 0.29) is 24.3 Å². The highest BCUT2D eigenvalue weighted by Crippen LogP contribution is 2.38. The standard InChI is InChI=1S/C14H17BrF3NO3/c1-8(5-9(2)19-13(20)21)7-22-12-4-3-10(15)6-11(12)14(16,17)18/h3-4,6,8-9,19H,5,7H2,1-2H3,(H,20,21)/t8-,9?/m0/s1. The van der Waals surface area contributed by atoms with E-state index in [4.69, 9.17) is 9.84 Å². The predicted molar refractivity (Wildman–Crippen MR) is 79.0 cm³/mol. The molecular weight excluding hydrogens is 367 g/mol. The third-order valence-electron chi connectivity index (χ3n) is 2.90. The second-order valence-electron chi connectivity index (χ2n) is 5.14. The molecule has 0 saturated carbocycles. The van der Waals surface area contributed by atoms with Gasteiger partial charge in [-0.05, 0) is 37.5 Å². The first kappa shape index (κ1) is 18.6. The van der Waals surface area contributed by atoms with Crippen molar-refractivity contribution in [3.63, 3.8) is 0 Å². The molecule has 1 aromatic carbocycles. The molecule has 1 aromatic rings. The number of hydrogen-bond donors (Lipinski definition) is 2. The van der Waals surface area contributed by atoms with Crippen LogP contribution in [0.2, 0.25) is 0 Å². The Morgan fingerprint density at radius 2 is 2.05 bits per heavy atom. The van der Waals surface area contributed by atoms with Crippen LogP contribution in [0.25, 0.3) is 0 Å². The van der Waals surface area contributed by atoms with Crippen molar-refractivity contribution in [2.45, 2.75) is 32.5 Å². The van der Waals surface area contributed by atoms with Crippen molar-refractivity contribution in [3.8, 4) is 5.75 Å². The van der Waals surface area contributed by atoms with Gasteiger partial charge in [0.05, 0.1) is 12.2 Å². The van der Waals surface area contributed by atoms with Crippen molar-refractivity contribution in [2.75, 3.05) is 6.61 Å². The van der Waals surface area contributed by atoms with Crippen molar-refractivity contribution >= 4 is 22.0 Å². The van der Waals surface area contributed by atoms with E-state index in [1.54, 1.807) is 13.8 Å². The molecule has 0 aliphatic rings. The van der Waals surface area contributed by atoms with Crippen LogP contribution in [-0.4, -0.2) is 23.8 Å². The second-order valence-corrected chi connectivity index (χ2v) is 6.06. The molecule has 2 N–H and O–H groups in total. The third-order valence-corrected chi connectivity index (χ3v) is 3.39. The summed E-state index contributed by atoms with van der Waals surface area (Å²) in [7, 11) is 0. The van der Waals surface area contributed by atoms with Crippen LogP contribution in [0.1, 0.15) is 25.8 Å². The molecular formula is C14H17BrF3NO3. The zero-order chi connectivity index (χ0) is 16.9. The van der Waals surface area contributed by atoms with Gasteiger partial charge in [-0.3, -0.25) is 0 Å². The number of carbonyl (C=O) groups is 1. The largest absolute Gasteiger partial charge is 0.493 e. The molecule has 0 radical (unpaired) electrons. The lowest BCUT2D eigenvalue weighted by Crippen LogP contribution is -2.33. The molecule has 1 amide bonds. The van der Waals surface area contributed by atoms with E-state index < -0.39 is 17.8 Å². The van der Waals surface area contributed by atoms with Gasteiger partial charge in [0.15, 0.2) is 0 Å². The highest BCUT2D eigenvalue weighted by molar-refractivity contribution is 9.10. The van der Waals surface area contributed by atoms with Gasteiger partial charge in [0.25, 0.3) is 0 Å². The molecule has 0 aromatic heterocycles. The quantitative estimate of drug-likeness (QED) is 0.758. The summed E-state index contributed by atoms with van der Waals surface area (Å²) in [4.78, 5) is 10.5.